The highest BCUT2D eigenvalue weighted by molar-refractivity contribution is 5.27. The number of nitrogens with one attached hydrogen (secondary N) is 2. The lowest BCUT2D eigenvalue weighted by atomic mass is 10.0. The first-order chi connectivity index (χ1) is 16.6. The van der Waals surface area contributed by atoms with Gasteiger partial charge in [0.2, 0.25) is 0 Å². The second-order valence-electron chi connectivity index (χ2n) is 10.7. The van der Waals surface area contributed by atoms with Crippen molar-refractivity contribution in [3.63, 3.8) is 0 Å². The zero-order valence-electron chi connectivity index (χ0n) is 20.9. The van der Waals surface area contributed by atoms with Gasteiger partial charge >= 0.3 is 0 Å². The molecule has 4 saturated heterocycles. The molecular formula is C26H44N6O2. The van der Waals surface area contributed by atoms with Crippen molar-refractivity contribution in [2.24, 2.45) is 0 Å². The van der Waals surface area contributed by atoms with Gasteiger partial charge in [0.1, 0.15) is 6.10 Å². The Kier molecular flexibility index (Phi) is 8.18. The SMILES string of the molecule is COCC(O)C[N+]12CCNC[C-]1CN(Cc1ccccc1CN1CCN3CCNCC3C1)CC2. The minimum atomic E-state index is -0.398. The topological polar surface area (TPSA) is 63.2 Å². The van der Waals surface area contributed by atoms with Crippen molar-refractivity contribution in [1.82, 2.24) is 25.3 Å². The predicted molar refractivity (Wildman–Crippen MR) is 134 cm³/mol. The first-order valence-electron chi connectivity index (χ1n) is 13.2. The molecule has 0 bridgehead atoms. The van der Waals surface area contributed by atoms with E-state index < -0.39 is 6.10 Å². The zero-order valence-corrected chi connectivity index (χ0v) is 20.9. The molecule has 1 aromatic carbocycles. The van der Waals surface area contributed by atoms with Crippen LogP contribution in [0.3, 0.4) is 0 Å². The number of methoxy groups -OCH3 is 1. The van der Waals surface area contributed by atoms with Crippen molar-refractivity contribution in [1.29, 1.82) is 0 Å². The van der Waals surface area contributed by atoms with Crippen LogP contribution in [0, 0.1) is 6.04 Å². The van der Waals surface area contributed by atoms with E-state index in [9.17, 15) is 5.11 Å². The molecule has 3 unspecified atom stereocenters. The van der Waals surface area contributed by atoms with Gasteiger partial charge < -0.3 is 29.9 Å². The van der Waals surface area contributed by atoms with Gasteiger partial charge in [-0.15, -0.1) is 0 Å². The number of aliphatic hydroxyl groups excluding tert-OH is 1. The summed E-state index contributed by atoms with van der Waals surface area (Å²) in [5.41, 5.74) is 2.95. The third-order valence-corrected chi connectivity index (χ3v) is 8.44. The summed E-state index contributed by atoms with van der Waals surface area (Å²) in [4.78, 5) is 7.93. The van der Waals surface area contributed by atoms with Crippen LogP contribution in [0.5, 0.6) is 0 Å². The molecule has 0 aliphatic carbocycles. The third-order valence-electron chi connectivity index (χ3n) is 8.44. The number of piperazine rings is 4. The third kappa shape index (κ3) is 5.65. The van der Waals surface area contributed by atoms with Gasteiger partial charge in [-0.25, -0.2) is 0 Å². The van der Waals surface area contributed by atoms with Crippen molar-refractivity contribution in [2.75, 3.05) is 98.8 Å². The quantitative estimate of drug-likeness (QED) is 0.350. The number of rotatable bonds is 8. The van der Waals surface area contributed by atoms with Crippen molar-refractivity contribution >= 4 is 0 Å². The van der Waals surface area contributed by atoms with Gasteiger partial charge in [0.15, 0.2) is 0 Å². The second-order valence-corrected chi connectivity index (χ2v) is 10.7. The van der Waals surface area contributed by atoms with E-state index in [2.05, 4.69) is 49.6 Å². The van der Waals surface area contributed by atoms with Crippen LogP contribution >= 0.6 is 0 Å². The molecule has 3 N–H and O–H groups in total. The molecule has 4 aliphatic rings. The fourth-order valence-corrected chi connectivity index (χ4v) is 6.52. The molecule has 0 aromatic heterocycles. The van der Waals surface area contributed by atoms with Gasteiger partial charge in [0, 0.05) is 78.6 Å². The van der Waals surface area contributed by atoms with Crippen LogP contribution < -0.4 is 10.6 Å². The van der Waals surface area contributed by atoms with Crippen LogP contribution in [-0.4, -0.2) is 135 Å². The van der Waals surface area contributed by atoms with Crippen molar-refractivity contribution in [3.05, 3.63) is 41.4 Å². The highest BCUT2D eigenvalue weighted by Gasteiger charge is 2.36. The molecule has 0 radical (unpaired) electrons. The number of nitrogens with zero attached hydrogens (tertiary/aromatic N) is 4. The van der Waals surface area contributed by atoms with Crippen LogP contribution in [0.1, 0.15) is 11.1 Å². The van der Waals surface area contributed by atoms with Crippen molar-refractivity contribution in [3.8, 4) is 0 Å². The van der Waals surface area contributed by atoms with E-state index in [1.165, 1.54) is 43.3 Å². The zero-order chi connectivity index (χ0) is 23.4. The van der Waals surface area contributed by atoms with E-state index in [0.29, 0.717) is 12.6 Å². The van der Waals surface area contributed by atoms with E-state index in [1.54, 1.807) is 7.11 Å². The molecule has 4 heterocycles. The number of ether oxygens (including phenoxy) is 1. The number of hydrogen-bond donors (Lipinski definition) is 3. The normalized spacial score (nSPS) is 30.6. The van der Waals surface area contributed by atoms with E-state index in [-0.39, 0.29) is 0 Å². The molecule has 8 nitrogen and oxygen atoms in total. The standard InChI is InChI=1S/C26H44N6O2/c1-34-21-26(33)20-32-12-7-28-15-25(32)19-30(11-13-32)17-23-5-3-2-4-22(23)16-29-9-10-31-8-6-27-14-24(31)18-29/h2-5,24,26-28,33H,6-21H2,1H3. The monoisotopic (exact) mass is 472 g/mol. The Labute approximate surface area is 205 Å². The van der Waals surface area contributed by atoms with Gasteiger partial charge in [-0.2, -0.15) is 0 Å². The van der Waals surface area contributed by atoms with E-state index in [0.717, 1.165) is 76.5 Å². The summed E-state index contributed by atoms with van der Waals surface area (Å²) in [5, 5.41) is 17.7. The van der Waals surface area contributed by atoms with Crippen LogP contribution in [0.2, 0.25) is 0 Å². The molecule has 4 fully saturated rings. The Hall–Kier alpha value is -1.10. The fourth-order valence-electron chi connectivity index (χ4n) is 6.52. The summed E-state index contributed by atoms with van der Waals surface area (Å²) in [6.07, 6.45) is -0.398. The maximum absolute atomic E-state index is 10.5. The Morgan fingerprint density at radius 2 is 1.88 bits per heavy atom. The van der Waals surface area contributed by atoms with Crippen LogP contribution in [0.4, 0.5) is 0 Å². The summed E-state index contributed by atoms with van der Waals surface area (Å²) in [7, 11) is 1.67. The minimum absolute atomic E-state index is 0.398. The molecule has 190 valence electrons. The smallest absolute Gasteiger partial charge is 0.124 e. The summed E-state index contributed by atoms with van der Waals surface area (Å²) < 4.78 is 6.17. The summed E-state index contributed by atoms with van der Waals surface area (Å²) >= 11 is 0. The van der Waals surface area contributed by atoms with E-state index in [4.69, 9.17) is 4.74 Å². The predicted octanol–water partition coefficient (Wildman–Crippen LogP) is -0.449. The lowest BCUT2D eigenvalue weighted by molar-refractivity contribution is -0.925. The molecule has 0 amide bonds. The van der Waals surface area contributed by atoms with Crippen LogP contribution in [0.15, 0.2) is 24.3 Å². The molecule has 4 aliphatic heterocycles. The number of aliphatic hydroxyl groups is 1. The average Bonchev–Trinajstić information content (AvgIpc) is 2.85. The first-order valence-corrected chi connectivity index (χ1v) is 13.2. The van der Waals surface area contributed by atoms with Gasteiger partial charge in [-0.05, 0) is 11.1 Å². The van der Waals surface area contributed by atoms with Crippen LogP contribution in [-0.2, 0) is 17.8 Å². The molecular weight excluding hydrogens is 428 g/mol. The summed E-state index contributed by atoms with van der Waals surface area (Å²) in [6, 6.07) is 11.2. The van der Waals surface area contributed by atoms with E-state index >= 15 is 0 Å². The molecule has 0 saturated carbocycles. The van der Waals surface area contributed by atoms with E-state index in [1.807, 2.05) is 0 Å². The molecule has 1 aromatic rings. The molecule has 8 heteroatoms. The second kappa shape index (κ2) is 11.3. The Morgan fingerprint density at radius 1 is 1.06 bits per heavy atom. The fraction of sp³-hybridized carbons (Fsp3) is 0.731. The lowest BCUT2D eigenvalue weighted by Crippen LogP contribution is -2.69. The highest BCUT2D eigenvalue weighted by Crippen LogP contribution is 2.30. The minimum Gasteiger partial charge on any atom is -0.446 e. The molecule has 5 rings (SSSR count). The van der Waals surface area contributed by atoms with Crippen LogP contribution in [0.25, 0.3) is 0 Å². The van der Waals surface area contributed by atoms with Gasteiger partial charge in [0.25, 0.3) is 0 Å². The lowest BCUT2D eigenvalue weighted by Gasteiger charge is -2.63. The molecule has 34 heavy (non-hydrogen) atoms. The number of fused-ring (bicyclic) bond motifs is 2. The highest BCUT2D eigenvalue weighted by atomic mass is 16.5. The summed E-state index contributed by atoms with van der Waals surface area (Å²) in [5.74, 6) is 0. The maximum Gasteiger partial charge on any atom is 0.124 e. The van der Waals surface area contributed by atoms with Gasteiger partial charge in [-0.3, -0.25) is 9.80 Å². The van der Waals surface area contributed by atoms with Gasteiger partial charge in [-0.1, -0.05) is 43.4 Å². The largest absolute Gasteiger partial charge is 0.446 e. The van der Waals surface area contributed by atoms with Crippen molar-refractivity contribution < 1.29 is 14.3 Å². The molecule has 0 spiro atoms. The summed E-state index contributed by atoms with van der Waals surface area (Å²) in [6.45, 7) is 16.4. The number of hydrogen-bond acceptors (Lipinski definition) is 7. The maximum atomic E-state index is 10.5. The Bertz CT molecular complexity index is 796. The van der Waals surface area contributed by atoms with Crippen molar-refractivity contribution in [2.45, 2.75) is 25.2 Å². The number of benzene rings is 1. The molecule has 3 atom stereocenters. The Morgan fingerprint density at radius 3 is 2.71 bits per heavy atom. The first kappa shape index (κ1) is 24.6. The average molecular weight is 473 g/mol. The Balaban J connectivity index is 1.21. The number of quaternary nitrogens is 1. The van der Waals surface area contributed by atoms with Gasteiger partial charge in [0.05, 0.1) is 26.2 Å².